The summed E-state index contributed by atoms with van der Waals surface area (Å²) in [6.07, 6.45) is 0.865. The number of aryl methyl sites for hydroxylation is 2. The Balaban J connectivity index is 2.36. The molecule has 20 heavy (non-hydrogen) atoms. The lowest BCUT2D eigenvalue weighted by molar-refractivity contribution is 0.112. The lowest BCUT2D eigenvalue weighted by atomic mass is 10.0. The largest absolute Gasteiger partial charge is 0.354 e. The van der Waals surface area contributed by atoms with Crippen LogP contribution in [0.2, 0.25) is 0 Å². The summed E-state index contributed by atoms with van der Waals surface area (Å²) in [6, 6.07) is 10.2. The number of aromatic amines is 1. The minimum Gasteiger partial charge on any atom is -0.354 e. The highest BCUT2D eigenvalue weighted by atomic mass is 19.1. The number of carbonyl (C=O) groups excluding carboxylic acids is 1. The number of hydrogen-bond donors (Lipinski definition) is 1. The van der Waals surface area contributed by atoms with Crippen molar-refractivity contribution in [1.29, 1.82) is 0 Å². The Morgan fingerprint density at radius 2 is 1.65 bits per heavy atom. The molecule has 0 saturated heterocycles. The number of nitrogens with one attached hydrogen (secondary N) is 1. The molecule has 0 bridgehead atoms. The first-order valence-electron chi connectivity index (χ1n) is 6.45. The van der Waals surface area contributed by atoms with E-state index in [-0.39, 0.29) is 5.82 Å². The van der Waals surface area contributed by atoms with Gasteiger partial charge in [0.15, 0.2) is 6.29 Å². The normalized spacial score (nSPS) is 10.9. The molecule has 0 spiro atoms. The summed E-state index contributed by atoms with van der Waals surface area (Å²) < 4.78 is 13.0. The molecule has 100 valence electrons. The highest BCUT2D eigenvalue weighted by Gasteiger charge is 2.15. The highest BCUT2D eigenvalue weighted by Crippen LogP contribution is 2.32. The summed E-state index contributed by atoms with van der Waals surface area (Å²) in [5, 5.41) is 0.944. The Labute approximate surface area is 116 Å². The first kappa shape index (κ1) is 12.6. The van der Waals surface area contributed by atoms with Gasteiger partial charge in [0.2, 0.25) is 0 Å². The summed E-state index contributed by atoms with van der Waals surface area (Å²) in [6.45, 7) is 3.98. The molecular weight excluding hydrogens is 253 g/mol. The van der Waals surface area contributed by atoms with Gasteiger partial charge in [0.1, 0.15) is 5.82 Å². The Morgan fingerprint density at radius 3 is 2.30 bits per heavy atom. The van der Waals surface area contributed by atoms with Crippen LogP contribution in [-0.2, 0) is 0 Å². The van der Waals surface area contributed by atoms with Crippen molar-refractivity contribution < 1.29 is 9.18 Å². The van der Waals surface area contributed by atoms with Crippen LogP contribution >= 0.6 is 0 Å². The first-order valence-corrected chi connectivity index (χ1v) is 6.45. The average Bonchev–Trinajstić information content (AvgIpc) is 2.84. The molecule has 0 aliphatic rings. The van der Waals surface area contributed by atoms with Gasteiger partial charge in [0.25, 0.3) is 0 Å². The number of halogens is 1. The second-order valence-corrected chi connectivity index (χ2v) is 4.99. The van der Waals surface area contributed by atoms with Crippen LogP contribution in [0.4, 0.5) is 4.39 Å². The number of carbonyl (C=O) groups is 1. The van der Waals surface area contributed by atoms with Crippen LogP contribution in [0.5, 0.6) is 0 Å². The zero-order valence-electron chi connectivity index (χ0n) is 11.3. The molecule has 2 nitrogen and oxygen atoms in total. The monoisotopic (exact) mass is 267 g/mol. The molecule has 0 fully saturated rings. The molecule has 2 aromatic carbocycles. The van der Waals surface area contributed by atoms with Gasteiger partial charge in [-0.05, 0) is 54.8 Å². The summed E-state index contributed by atoms with van der Waals surface area (Å²) in [7, 11) is 0. The van der Waals surface area contributed by atoms with Gasteiger partial charge in [-0.1, -0.05) is 12.1 Å². The van der Waals surface area contributed by atoms with Crippen molar-refractivity contribution in [2.24, 2.45) is 0 Å². The van der Waals surface area contributed by atoms with Crippen molar-refractivity contribution in [3.63, 3.8) is 0 Å². The third-order valence-electron chi connectivity index (χ3n) is 3.66. The summed E-state index contributed by atoms with van der Waals surface area (Å²) in [5.41, 5.74) is 5.29. The van der Waals surface area contributed by atoms with E-state index < -0.39 is 0 Å². The van der Waals surface area contributed by atoms with Crippen molar-refractivity contribution in [3.05, 3.63) is 58.9 Å². The van der Waals surface area contributed by atoms with E-state index in [2.05, 4.69) is 4.98 Å². The van der Waals surface area contributed by atoms with Crippen molar-refractivity contribution in [3.8, 4) is 11.3 Å². The van der Waals surface area contributed by atoms with Crippen molar-refractivity contribution in [1.82, 2.24) is 4.98 Å². The molecule has 0 saturated carbocycles. The van der Waals surface area contributed by atoms with E-state index in [0.29, 0.717) is 5.56 Å². The van der Waals surface area contributed by atoms with Crippen molar-refractivity contribution in [2.45, 2.75) is 13.8 Å². The zero-order chi connectivity index (χ0) is 14.3. The Kier molecular flexibility index (Phi) is 2.90. The number of fused-ring (bicyclic) bond motifs is 1. The number of rotatable bonds is 2. The Bertz CT molecular complexity index is 800. The number of aldehydes is 1. The summed E-state index contributed by atoms with van der Waals surface area (Å²) >= 11 is 0. The van der Waals surface area contributed by atoms with Gasteiger partial charge in [0, 0.05) is 16.5 Å². The van der Waals surface area contributed by atoms with Crippen LogP contribution in [0.1, 0.15) is 21.5 Å². The van der Waals surface area contributed by atoms with Gasteiger partial charge in [-0.15, -0.1) is 0 Å². The fourth-order valence-corrected chi connectivity index (χ4v) is 2.60. The molecule has 3 aromatic rings. The standard InChI is InChI=1S/C17H14FNO/c1-10-3-4-11(2)16-15(10)14(9-20)17(19-16)12-5-7-13(18)8-6-12/h3-9,19H,1-2H3. The molecule has 0 unspecified atom stereocenters. The molecule has 1 N–H and O–H groups in total. The van der Waals surface area contributed by atoms with Gasteiger partial charge in [-0.25, -0.2) is 4.39 Å². The topological polar surface area (TPSA) is 32.9 Å². The molecule has 3 rings (SSSR count). The van der Waals surface area contributed by atoms with Crippen LogP contribution in [0, 0.1) is 19.7 Å². The van der Waals surface area contributed by atoms with E-state index in [1.807, 2.05) is 26.0 Å². The third-order valence-corrected chi connectivity index (χ3v) is 3.66. The van der Waals surface area contributed by atoms with Crippen LogP contribution < -0.4 is 0 Å². The Morgan fingerprint density at radius 1 is 1.00 bits per heavy atom. The summed E-state index contributed by atoms with van der Waals surface area (Å²) in [4.78, 5) is 14.8. The van der Waals surface area contributed by atoms with E-state index in [0.717, 1.165) is 39.6 Å². The van der Waals surface area contributed by atoms with Gasteiger partial charge >= 0.3 is 0 Å². The van der Waals surface area contributed by atoms with Crippen LogP contribution in [-0.4, -0.2) is 11.3 Å². The second kappa shape index (κ2) is 4.60. The molecule has 0 radical (unpaired) electrons. The number of H-pyrrole nitrogens is 1. The van der Waals surface area contributed by atoms with E-state index in [1.54, 1.807) is 12.1 Å². The van der Waals surface area contributed by atoms with Gasteiger partial charge in [-0.3, -0.25) is 4.79 Å². The minimum absolute atomic E-state index is 0.287. The maximum Gasteiger partial charge on any atom is 0.152 e. The second-order valence-electron chi connectivity index (χ2n) is 4.99. The maximum absolute atomic E-state index is 13.0. The lowest BCUT2D eigenvalue weighted by Crippen LogP contribution is -1.86. The van der Waals surface area contributed by atoms with Crippen LogP contribution in [0.3, 0.4) is 0 Å². The molecule has 0 aliphatic carbocycles. The fourth-order valence-electron chi connectivity index (χ4n) is 2.60. The van der Waals surface area contributed by atoms with E-state index in [9.17, 15) is 9.18 Å². The van der Waals surface area contributed by atoms with E-state index in [4.69, 9.17) is 0 Å². The van der Waals surface area contributed by atoms with Crippen molar-refractivity contribution in [2.75, 3.05) is 0 Å². The molecular formula is C17H14FNO. The molecule has 0 amide bonds. The SMILES string of the molecule is Cc1ccc(C)c2c(C=O)c(-c3ccc(F)cc3)[nH]c12. The van der Waals surface area contributed by atoms with Gasteiger partial charge < -0.3 is 4.98 Å². The van der Waals surface area contributed by atoms with Gasteiger partial charge in [0.05, 0.1) is 5.69 Å². The predicted molar refractivity (Wildman–Crippen MR) is 78.6 cm³/mol. The quantitative estimate of drug-likeness (QED) is 0.686. The third kappa shape index (κ3) is 1.83. The fraction of sp³-hybridized carbons (Fsp3) is 0.118. The summed E-state index contributed by atoms with van der Waals surface area (Å²) in [5.74, 6) is -0.287. The van der Waals surface area contributed by atoms with Crippen molar-refractivity contribution >= 4 is 17.2 Å². The minimum atomic E-state index is -0.287. The van der Waals surface area contributed by atoms with Gasteiger partial charge in [-0.2, -0.15) is 0 Å². The number of benzene rings is 2. The number of aromatic nitrogens is 1. The Hall–Kier alpha value is -2.42. The van der Waals surface area contributed by atoms with Crippen LogP contribution in [0.25, 0.3) is 22.2 Å². The molecule has 1 aromatic heterocycles. The van der Waals surface area contributed by atoms with E-state index >= 15 is 0 Å². The van der Waals surface area contributed by atoms with Crippen LogP contribution in [0.15, 0.2) is 36.4 Å². The predicted octanol–water partition coefficient (Wildman–Crippen LogP) is 4.40. The zero-order valence-corrected chi connectivity index (χ0v) is 11.3. The first-order chi connectivity index (χ1) is 9.61. The molecule has 3 heteroatoms. The smallest absolute Gasteiger partial charge is 0.152 e. The molecule has 1 heterocycles. The molecule has 0 aliphatic heterocycles. The molecule has 0 atom stereocenters. The lowest BCUT2D eigenvalue weighted by Gasteiger charge is -2.00. The maximum atomic E-state index is 13.0. The number of hydrogen-bond acceptors (Lipinski definition) is 1. The highest BCUT2D eigenvalue weighted by molar-refractivity contribution is 6.06. The average molecular weight is 267 g/mol. The van der Waals surface area contributed by atoms with E-state index in [1.165, 1.54) is 12.1 Å².